The number of carbonyl (C=O) groups is 1. The third kappa shape index (κ3) is 4.18. The van der Waals surface area contributed by atoms with Crippen LogP contribution in [0.4, 0.5) is 13.2 Å². The zero-order valence-corrected chi connectivity index (χ0v) is 14.3. The zero-order chi connectivity index (χ0) is 18.0. The predicted octanol–water partition coefficient (Wildman–Crippen LogP) is 4.54. The van der Waals surface area contributed by atoms with Crippen molar-refractivity contribution < 1.29 is 22.7 Å². The number of hydrogen-bond donors (Lipinski definition) is 0. The van der Waals surface area contributed by atoms with Crippen molar-refractivity contribution in [1.82, 2.24) is 4.90 Å². The van der Waals surface area contributed by atoms with Crippen LogP contribution in [-0.2, 0) is 15.7 Å². The molecule has 1 saturated carbocycles. The zero-order valence-electron chi connectivity index (χ0n) is 13.6. The Balaban J connectivity index is 1.74. The van der Waals surface area contributed by atoms with E-state index in [1.165, 1.54) is 24.3 Å². The molecule has 0 unspecified atom stereocenters. The number of fused-ring (bicyclic) bond motifs is 1. The number of rotatable bonds is 2. The van der Waals surface area contributed by atoms with Gasteiger partial charge < -0.3 is 9.64 Å². The predicted molar refractivity (Wildman–Crippen MR) is 89.2 cm³/mol. The lowest BCUT2D eigenvalue weighted by Crippen LogP contribution is -2.54. The molecule has 0 N–H and O–H groups in total. The van der Waals surface area contributed by atoms with Gasteiger partial charge in [-0.2, -0.15) is 13.2 Å². The standard InChI is InChI=1S/C18H19ClF3NO2/c19-14-7-5-12(11-13(14)18(20,21)22)6-8-17(24)23-9-10-25-16-4-2-1-3-15(16)23/h5-8,11,15-16H,1-4,9-10H2/b8-6+/t15-,16-/m1/s1. The number of halogens is 4. The van der Waals surface area contributed by atoms with Crippen molar-refractivity contribution in [3.63, 3.8) is 0 Å². The molecule has 0 aromatic heterocycles. The van der Waals surface area contributed by atoms with Crippen LogP contribution in [0, 0.1) is 0 Å². The lowest BCUT2D eigenvalue weighted by atomic mass is 9.90. The van der Waals surface area contributed by atoms with Gasteiger partial charge in [-0.3, -0.25) is 4.79 Å². The van der Waals surface area contributed by atoms with Gasteiger partial charge in [-0.1, -0.05) is 30.5 Å². The summed E-state index contributed by atoms with van der Waals surface area (Å²) in [6.07, 6.45) is 2.31. The summed E-state index contributed by atoms with van der Waals surface area (Å²) in [6.45, 7) is 1.01. The number of carbonyl (C=O) groups excluding carboxylic acids is 1. The van der Waals surface area contributed by atoms with Gasteiger partial charge in [-0.15, -0.1) is 0 Å². The van der Waals surface area contributed by atoms with Crippen LogP contribution in [0.5, 0.6) is 0 Å². The van der Waals surface area contributed by atoms with Gasteiger partial charge in [0.1, 0.15) is 0 Å². The number of benzene rings is 1. The van der Waals surface area contributed by atoms with Crippen molar-refractivity contribution in [2.24, 2.45) is 0 Å². The van der Waals surface area contributed by atoms with Crippen LogP contribution < -0.4 is 0 Å². The first kappa shape index (κ1) is 18.3. The summed E-state index contributed by atoms with van der Waals surface area (Å²) in [5.74, 6) is -0.191. The normalized spacial score (nSPS) is 24.4. The number of nitrogens with zero attached hydrogens (tertiary/aromatic N) is 1. The highest BCUT2D eigenvalue weighted by molar-refractivity contribution is 6.31. The number of hydrogen-bond acceptors (Lipinski definition) is 2. The molecular formula is C18H19ClF3NO2. The van der Waals surface area contributed by atoms with Crippen LogP contribution in [-0.4, -0.2) is 36.1 Å². The number of morpholine rings is 1. The quantitative estimate of drug-likeness (QED) is 0.712. The Morgan fingerprint density at radius 3 is 2.80 bits per heavy atom. The molecule has 1 aromatic rings. The molecule has 0 spiro atoms. The van der Waals surface area contributed by atoms with E-state index in [0.29, 0.717) is 18.7 Å². The average Bonchev–Trinajstić information content (AvgIpc) is 2.59. The number of amides is 1. The first-order chi connectivity index (χ1) is 11.9. The highest BCUT2D eigenvalue weighted by atomic mass is 35.5. The van der Waals surface area contributed by atoms with Crippen LogP contribution in [0.2, 0.25) is 5.02 Å². The summed E-state index contributed by atoms with van der Waals surface area (Å²) in [4.78, 5) is 14.3. The molecule has 2 fully saturated rings. The Bertz CT molecular complexity index is 673. The van der Waals surface area contributed by atoms with Gasteiger partial charge in [0.15, 0.2) is 0 Å². The van der Waals surface area contributed by atoms with Crippen molar-refractivity contribution in [2.75, 3.05) is 13.2 Å². The summed E-state index contributed by atoms with van der Waals surface area (Å²) in [6, 6.07) is 3.68. The molecule has 25 heavy (non-hydrogen) atoms. The van der Waals surface area contributed by atoms with E-state index in [4.69, 9.17) is 16.3 Å². The molecule has 2 aliphatic rings. The molecule has 0 bridgehead atoms. The molecule has 1 saturated heterocycles. The molecule has 3 nitrogen and oxygen atoms in total. The second-order valence-electron chi connectivity index (χ2n) is 6.36. The van der Waals surface area contributed by atoms with E-state index >= 15 is 0 Å². The van der Waals surface area contributed by atoms with E-state index in [2.05, 4.69) is 0 Å². The summed E-state index contributed by atoms with van der Waals surface area (Å²) in [5.41, 5.74) is -0.610. The second-order valence-corrected chi connectivity index (χ2v) is 6.77. The lowest BCUT2D eigenvalue weighted by molar-refractivity contribution is -0.144. The maximum atomic E-state index is 12.9. The number of alkyl halides is 3. The lowest BCUT2D eigenvalue weighted by Gasteiger charge is -2.43. The third-order valence-electron chi connectivity index (χ3n) is 4.73. The second kappa shape index (κ2) is 7.38. The molecule has 136 valence electrons. The van der Waals surface area contributed by atoms with Crippen LogP contribution >= 0.6 is 11.6 Å². The van der Waals surface area contributed by atoms with Crippen molar-refractivity contribution in [2.45, 2.75) is 44.0 Å². The topological polar surface area (TPSA) is 29.5 Å². The van der Waals surface area contributed by atoms with Crippen molar-refractivity contribution in [3.05, 3.63) is 40.4 Å². The fraction of sp³-hybridized carbons (Fsp3) is 0.500. The molecule has 1 amide bonds. The summed E-state index contributed by atoms with van der Waals surface area (Å²) < 4.78 is 44.5. The minimum absolute atomic E-state index is 0.0654. The minimum atomic E-state index is -4.52. The summed E-state index contributed by atoms with van der Waals surface area (Å²) >= 11 is 5.61. The Morgan fingerprint density at radius 1 is 1.28 bits per heavy atom. The highest BCUT2D eigenvalue weighted by Gasteiger charge is 2.36. The van der Waals surface area contributed by atoms with E-state index in [1.807, 2.05) is 0 Å². The molecule has 1 aromatic carbocycles. The highest BCUT2D eigenvalue weighted by Crippen LogP contribution is 2.35. The molecular weight excluding hydrogens is 355 g/mol. The molecule has 1 aliphatic heterocycles. The number of ether oxygens (including phenoxy) is 1. The van der Waals surface area contributed by atoms with Crippen molar-refractivity contribution in [1.29, 1.82) is 0 Å². The fourth-order valence-electron chi connectivity index (χ4n) is 3.50. The van der Waals surface area contributed by atoms with Gasteiger partial charge in [-0.05, 0) is 36.6 Å². The third-order valence-corrected chi connectivity index (χ3v) is 5.06. The molecule has 2 atom stereocenters. The van der Waals surface area contributed by atoms with Gasteiger partial charge in [0, 0.05) is 12.6 Å². The Hall–Kier alpha value is -1.53. The summed E-state index contributed by atoms with van der Waals surface area (Å²) in [5, 5.41) is -0.353. The average molecular weight is 374 g/mol. The first-order valence-corrected chi connectivity index (χ1v) is 8.71. The van der Waals surface area contributed by atoms with E-state index < -0.39 is 11.7 Å². The molecule has 0 radical (unpaired) electrons. The molecule has 7 heteroatoms. The SMILES string of the molecule is O=C(/C=C/c1ccc(Cl)c(C(F)(F)F)c1)N1CCO[C@@H]2CCCC[C@H]21. The van der Waals surface area contributed by atoms with E-state index in [1.54, 1.807) is 4.90 Å². The largest absolute Gasteiger partial charge is 0.417 e. The van der Waals surface area contributed by atoms with Gasteiger partial charge in [0.25, 0.3) is 0 Å². The van der Waals surface area contributed by atoms with Crippen LogP contribution in [0.15, 0.2) is 24.3 Å². The van der Waals surface area contributed by atoms with Gasteiger partial charge in [0.05, 0.1) is 29.3 Å². The molecule has 1 aliphatic carbocycles. The van der Waals surface area contributed by atoms with Crippen LogP contribution in [0.1, 0.15) is 36.8 Å². The minimum Gasteiger partial charge on any atom is -0.374 e. The molecule has 1 heterocycles. The van der Waals surface area contributed by atoms with Crippen molar-refractivity contribution in [3.8, 4) is 0 Å². The maximum Gasteiger partial charge on any atom is 0.417 e. The smallest absolute Gasteiger partial charge is 0.374 e. The fourth-order valence-corrected chi connectivity index (χ4v) is 3.72. The summed E-state index contributed by atoms with van der Waals surface area (Å²) in [7, 11) is 0. The maximum absolute atomic E-state index is 12.9. The van der Waals surface area contributed by atoms with Gasteiger partial charge >= 0.3 is 6.18 Å². The molecule has 3 rings (SSSR count). The van der Waals surface area contributed by atoms with Crippen LogP contribution in [0.25, 0.3) is 6.08 Å². The van der Waals surface area contributed by atoms with Crippen molar-refractivity contribution >= 4 is 23.6 Å². The Morgan fingerprint density at radius 2 is 2.04 bits per heavy atom. The van der Waals surface area contributed by atoms with Crippen LogP contribution in [0.3, 0.4) is 0 Å². The van der Waals surface area contributed by atoms with E-state index in [-0.39, 0.29) is 23.1 Å². The van der Waals surface area contributed by atoms with Gasteiger partial charge in [0.2, 0.25) is 5.91 Å². The van der Waals surface area contributed by atoms with Gasteiger partial charge in [-0.25, -0.2) is 0 Å². The monoisotopic (exact) mass is 373 g/mol. The van der Waals surface area contributed by atoms with E-state index in [9.17, 15) is 18.0 Å². The first-order valence-electron chi connectivity index (χ1n) is 8.33. The Kier molecular flexibility index (Phi) is 5.39. The Labute approximate surface area is 149 Å². The van der Waals surface area contributed by atoms with E-state index in [0.717, 1.165) is 31.7 Å².